The number of benzene rings is 2. The van der Waals surface area contributed by atoms with Crippen LogP contribution in [0.25, 0.3) is 11.3 Å². The average Bonchev–Trinajstić information content (AvgIpc) is 3.01. The number of carbonyl (C=O) groups is 4. The molecule has 0 fully saturated rings. The summed E-state index contributed by atoms with van der Waals surface area (Å²) in [6.07, 6.45) is -8.69. The molecule has 9 N–H and O–H groups in total. The highest BCUT2D eigenvalue weighted by molar-refractivity contribution is 5.94. The molecule has 0 saturated heterocycles. The number of aliphatic carboxylic acids is 2. The monoisotopic (exact) mass is 761 g/mol. The second-order valence-electron chi connectivity index (χ2n) is 12.1. The van der Waals surface area contributed by atoms with Crippen LogP contribution in [0.15, 0.2) is 53.5 Å². The molecule has 0 aliphatic carbocycles. The lowest BCUT2D eigenvalue weighted by Crippen LogP contribution is -2.35. The van der Waals surface area contributed by atoms with Gasteiger partial charge in [-0.15, -0.1) is 0 Å². The van der Waals surface area contributed by atoms with Gasteiger partial charge in [0.15, 0.2) is 5.82 Å². The van der Waals surface area contributed by atoms with E-state index in [1.54, 1.807) is 57.2 Å². The van der Waals surface area contributed by atoms with E-state index in [0.29, 0.717) is 22.5 Å². The number of esters is 1. The Hall–Kier alpha value is -6.15. The molecule has 0 bridgehead atoms. The summed E-state index contributed by atoms with van der Waals surface area (Å²) in [5.41, 5.74) is 12.9. The number of carbonyl (C=O) groups excluding carboxylic acids is 2. The number of halogens is 6. The molecule has 0 aliphatic heterocycles. The molecule has 3 aromatic rings. The number of anilines is 2. The van der Waals surface area contributed by atoms with Gasteiger partial charge in [0.05, 0.1) is 17.3 Å². The van der Waals surface area contributed by atoms with E-state index in [2.05, 4.69) is 15.6 Å². The predicted octanol–water partition coefficient (Wildman–Crippen LogP) is 4.13. The van der Waals surface area contributed by atoms with Gasteiger partial charge in [0, 0.05) is 35.5 Å². The van der Waals surface area contributed by atoms with Crippen molar-refractivity contribution in [2.45, 2.75) is 66.1 Å². The van der Waals surface area contributed by atoms with E-state index in [9.17, 15) is 40.7 Å². The fourth-order valence-electron chi connectivity index (χ4n) is 3.54. The van der Waals surface area contributed by atoms with Crippen LogP contribution in [0.3, 0.4) is 0 Å². The Morgan fingerprint density at radius 3 is 1.89 bits per heavy atom. The normalized spacial score (nSPS) is 11.2. The third-order valence-corrected chi connectivity index (χ3v) is 6.07. The zero-order chi connectivity index (χ0) is 41.1. The maximum atomic E-state index is 13.4. The number of amides is 1. The van der Waals surface area contributed by atoms with Crippen molar-refractivity contribution in [1.29, 1.82) is 5.41 Å². The lowest BCUT2D eigenvalue weighted by Gasteiger charge is -2.18. The SMILES string of the molecule is CC(C)Nc1ncc(-c2cc(N)cc(OC(=O)C(C)(C)C)c2)n(CC(=O)NCc2ccc(C(=N)N)cc2)c1=O.O=C(O)C(F)(F)F.O=C(O)C(F)(F)F. The van der Waals surface area contributed by atoms with Crippen molar-refractivity contribution < 1.29 is 60.5 Å². The molecular formula is C32H37F6N7O8. The summed E-state index contributed by atoms with van der Waals surface area (Å²) in [5.74, 6) is -6.09. The first-order valence-electron chi connectivity index (χ1n) is 14.9. The van der Waals surface area contributed by atoms with Crippen LogP contribution in [0.4, 0.5) is 37.8 Å². The maximum absolute atomic E-state index is 13.4. The van der Waals surface area contributed by atoms with Gasteiger partial charge in [-0.25, -0.2) is 14.6 Å². The van der Waals surface area contributed by atoms with Gasteiger partial charge in [-0.2, -0.15) is 26.3 Å². The van der Waals surface area contributed by atoms with E-state index in [-0.39, 0.29) is 36.5 Å². The summed E-state index contributed by atoms with van der Waals surface area (Å²) in [6, 6.07) is 11.6. The van der Waals surface area contributed by atoms with Crippen molar-refractivity contribution in [1.82, 2.24) is 14.9 Å². The molecule has 0 saturated carbocycles. The zero-order valence-corrected chi connectivity index (χ0v) is 28.8. The Morgan fingerprint density at radius 2 is 1.45 bits per heavy atom. The fourth-order valence-corrected chi connectivity index (χ4v) is 3.54. The van der Waals surface area contributed by atoms with Gasteiger partial charge in [0.25, 0.3) is 5.56 Å². The minimum absolute atomic E-state index is 0.0427. The molecule has 1 aromatic heterocycles. The summed E-state index contributed by atoms with van der Waals surface area (Å²) < 4.78 is 70.3. The lowest BCUT2D eigenvalue weighted by molar-refractivity contribution is -0.193. The Balaban J connectivity index is 0.000000845. The zero-order valence-electron chi connectivity index (χ0n) is 28.8. The summed E-state index contributed by atoms with van der Waals surface area (Å²) in [4.78, 5) is 60.9. The number of amidine groups is 1. The molecule has 1 amide bonds. The third-order valence-electron chi connectivity index (χ3n) is 6.07. The van der Waals surface area contributed by atoms with Crippen LogP contribution in [0.1, 0.15) is 45.7 Å². The molecule has 53 heavy (non-hydrogen) atoms. The van der Waals surface area contributed by atoms with Crippen molar-refractivity contribution in [2.75, 3.05) is 11.1 Å². The van der Waals surface area contributed by atoms with E-state index in [1.165, 1.54) is 16.8 Å². The van der Waals surface area contributed by atoms with Crippen LogP contribution in [-0.4, -0.2) is 67.8 Å². The second-order valence-corrected chi connectivity index (χ2v) is 12.1. The standard InChI is InChI=1S/C28H35N7O4.2C2HF3O2/c1-16(2)34-25-26(37)35(15-23(36)32-13-17-6-8-18(9-7-17)24(30)31)22(14-33-25)19-10-20(29)12-21(11-19)39-27(38)28(3,4)5;2*3-2(4,5)1(6)7/h6-12,14,16H,13,15,29H2,1-5H3,(H3,30,31)(H,32,36)(H,33,34);2*(H,6,7). The van der Waals surface area contributed by atoms with Gasteiger partial charge in [-0.1, -0.05) is 24.3 Å². The molecule has 0 atom stereocenters. The van der Waals surface area contributed by atoms with Crippen molar-refractivity contribution in [3.05, 3.63) is 70.1 Å². The topological polar surface area (TPSA) is 253 Å². The second kappa shape index (κ2) is 18.4. The number of nitrogens with two attached hydrogens (primary N) is 2. The smallest absolute Gasteiger partial charge is 0.475 e. The van der Waals surface area contributed by atoms with Gasteiger partial charge in [-0.3, -0.25) is 24.4 Å². The van der Waals surface area contributed by atoms with Gasteiger partial charge >= 0.3 is 30.3 Å². The van der Waals surface area contributed by atoms with E-state index < -0.39 is 47.1 Å². The van der Waals surface area contributed by atoms with Crippen LogP contribution >= 0.6 is 0 Å². The Kier molecular flexibility index (Phi) is 15.6. The maximum Gasteiger partial charge on any atom is 0.490 e. The van der Waals surface area contributed by atoms with Crippen molar-refractivity contribution in [2.24, 2.45) is 11.1 Å². The summed E-state index contributed by atoms with van der Waals surface area (Å²) >= 11 is 0. The molecular weight excluding hydrogens is 724 g/mol. The quantitative estimate of drug-likeness (QED) is 0.0406. The number of carboxylic acid groups (broad SMARTS) is 2. The van der Waals surface area contributed by atoms with E-state index >= 15 is 0 Å². The Morgan fingerprint density at radius 1 is 0.943 bits per heavy atom. The van der Waals surface area contributed by atoms with Gasteiger partial charge in [0.1, 0.15) is 18.1 Å². The number of aromatic nitrogens is 2. The average molecular weight is 762 g/mol. The summed E-state index contributed by atoms with van der Waals surface area (Å²) in [7, 11) is 0. The molecule has 21 heteroatoms. The fraction of sp³-hybridized carbons (Fsp3) is 0.344. The first kappa shape index (κ1) is 44.9. The van der Waals surface area contributed by atoms with Gasteiger partial charge in [0.2, 0.25) is 5.91 Å². The number of rotatable bonds is 9. The van der Waals surface area contributed by atoms with Gasteiger partial charge < -0.3 is 37.1 Å². The summed E-state index contributed by atoms with van der Waals surface area (Å²) in [5, 5.41) is 27.6. The number of nitrogens with zero attached hydrogens (tertiary/aromatic N) is 2. The first-order valence-corrected chi connectivity index (χ1v) is 14.9. The van der Waals surface area contributed by atoms with Gasteiger partial charge in [-0.05, 0) is 52.3 Å². The first-order chi connectivity index (χ1) is 24.1. The molecule has 0 unspecified atom stereocenters. The molecule has 0 aliphatic rings. The van der Waals surface area contributed by atoms with Crippen LogP contribution in [-0.2, 0) is 32.3 Å². The predicted molar refractivity (Wildman–Crippen MR) is 179 cm³/mol. The largest absolute Gasteiger partial charge is 0.490 e. The number of hydrogen-bond acceptors (Lipinski definition) is 10. The summed E-state index contributed by atoms with van der Waals surface area (Å²) in [6.45, 7) is 8.88. The minimum Gasteiger partial charge on any atom is -0.475 e. The van der Waals surface area contributed by atoms with Crippen LogP contribution in [0.2, 0.25) is 0 Å². The molecule has 3 rings (SSSR count). The number of nitrogen functional groups attached to an aromatic ring is 2. The molecule has 0 radical (unpaired) electrons. The Bertz CT molecular complexity index is 1830. The number of nitrogens with one attached hydrogen (secondary N) is 3. The van der Waals surface area contributed by atoms with E-state index in [1.807, 2.05) is 13.8 Å². The van der Waals surface area contributed by atoms with E-state index in [0.717, 1.165) is 5.56 Å². The highest BCUT2D eigenvalue weighted by Gasteiger charge is 2.39. The van der Waals surface area contributed by atoms with Crippen molar-refractivity contribution in [3.8, 4) is 17.0 Å². The highest BCUT2D eigenvalue weighted by Crippen LogP contribution is 2.29. The number of carboxylic acids is 2. The highest BCUT2D eigenvalue weighted by atomic mass is 19.4. The molecule has 0 spiro atoms. The molecule has 15 nitrogen and oxygen atoms in total. The minimum atomic E-state index is -5.08. The molecule has 2 aromatic carbocycles. The Labute approximate surface area is 297 Å². The number of hydrogen-bond donors (Lipinski definition) is 7. The third kappa shape index (κ3) is 15.3. The lowest BCUT2D eigenvalue weighted by atomic mass is 9.97. The molecule has 1 heterocycles. The number of alkyl halides is 6. The van der Waals surface area contributed by atoms with E-state index in [4.69, 9.17) is 41.4 Å². The van der Waals surface area contributed by atoms with Crippen LogP contribution in [0, 0.1) is 10.8 Å². The number of ether oxygens (including phenoxy) is 1. The van der Waals surface area contributed by atoms with Crippen molar-refractivity contribution >= 4 is 41.2 Å². The molecule has 290 valence electrons. The van der Waals surface area contributed by atoms with Crippen LogP contribution < -0.4 is 32.4 Å². The van der Waals surface area contributed by atoms with Crippen molar-refractivity contribution in [3.63, 3.8) is 0 Å². The van der Waals surface area contributed by atoms with Crippen LogP contribution in [0.5, 0.6) is 5.75 Å².